The van der Waals surface area contributed by atoms with E-state index >= 15 is 0 Å². The van der Waals surface area contributed by atoms with Crippen molar-refractivity contribution in [2.45, 2.75) is 38.4 Å². The fraction of sp³-hybridized carbons (Fsp3) is 0.615. The normalized spacial score (nSPS) is 22.1. The quantitative estimate of drug-likeness (QED) is 0.866. The van der Waals surface area contributed by atoms with E-state index in [2.05, 4.69) is 15.5 Å². The lowest BCUT2D eigenvalue weighted by Gasteiger charge is -2.13. The van der Waals surface area contributed by atoms with Gasteiger partial charge in [-0.05, 0) is 38.3 Å². The number of aromatic nitrogens is 2. The van der Waals surface area contributed by atoms with Gasteiger partial charge in [0.25, 0.3) is 0 Å². The van der Waals surface area contributed by atoms with E-state index in [0.29, 0.717) is 19.4 Å². The van der Waals surface area contributed by atoms with Gasteiger partial charge >= 0.3 is 12.1 Å². The van der Waals surface area contributed by atoms with Crippen molar-refractivity contribution in [3.05, 3.63) is 17.8 Å². The third-order valence-electron chi connectivity index (χ3n) is 3.36. The molecule has 0 aromatic carbocycles. The molecule has 0 bridgehead atoms. The van der Waals surface area contributed by atoms with Crippen molar-refractivity contribution in [1.29, 1.82) is 0 Å². The predicted octanol–water partition coefficient (Wildman–Crippen LogP) is 2.64. The first-order valence-electron chi connectivity index (χ1n) is 6.74. The van der Waals surface area contributed by atoms with Crippen LogP contribution < -0.4 is 5.32 Å². The number of anilines is 1. The Balaban J connectivity index is 1.90. The molecule has 1 aromatic heterocycles. The summed E-state index contributed by atoms with van der Waals surface area (Å²) < 4.78 is 42.0. The van der Waals surface area contributed by atoms with Crippen LogP contribution in [-0.2, 0) is 15.7 Å². The highest BCUT2D eigenvalue weighted by Gasteiger charge is 2.33. The molecule has 1 aliphatic rings. The maximum atomic E-state index is 12.4. The molecular weight excluding hydrogens is 287 g/mol. The fourth-order valence-corrected chi connectivity index (χ4v) is 2.36. The molecule has 21 heavy (non-hydrogen) atoms. The van der Waals surface area contributed by atoms with Crippen LogP contribution in [0.15, 0.2) is 12.1 Å². The predicted molar refractivity (Wildman–Crippen MR) is 68.4 cm³/mol. The van der Waals surface area contributed by atoms with Crippen molar-refractivity contribution in [3.8, 4) is 0 Å². The molecule has 1 N–H and O–H groups in total. The number of carbonyl (C=O) groups excluding carboxylic acids is 1. The summed E-state index contributed by atoms with van der Waals surface area (Å²) in [7, 11) is 0. The zero-order chi connectivity index (χ0) is 15.5. The molecule has 8 heteroatoms. The van der Waals surface area contributed by atoms with Crippen molar-refractivity contribution in [2.24, 2.45) is 5.92 Å². The molecule has 1 saturated carbocycles. The van der Waals surface area contributed by atoms with Gasteiger partial charge in [0.2, 0.25) is 0 Å². The van der Waals surface area contributed by atoms with Crippen LogP contribution in [0.1, 0.15) is 31.9 Å². The summed E-state index contributed by atoms with van der Waals surface area (Å²) in [5, 5.41) is 9.66. The van der Waals surface area contributed by atoms with Crippen LogP contribution in [0.4, 0.5) is 19.0 Å². The minimum Gasteiger partial charge on any atom is -0.466 e. The number of hydrogen-bond acceptors (Lipinski definition) is 5. The highest BCUT2D eigenvalue weighted by atomic mass is 19.4. The van der Waals surface area contributed by atoms with E-state index in [0.717, 1.165) is 12.5 Å². The Morgan fingerprint density at radius 2 is 2.14 bits per heavy atom. The summed E-state index contributed by atoms with van der Waals surface area (Å²) in [5.74, 6) is -0.109. The largest absolute Gasteiger partial charge is 0.466 e. The number of ether oxygens (including phenoxy) is 1. The Bertz CT molecular complexity index is 490. The van der Waals surface area contributed by atoms with Crippen LogP contribution in [0.3, 0.4) is 0 Å². The second kappa shape index (κ2) is 6.28. The van der Waals surface area contributed by atoms with Crippen LogP contribution in [0.2, 0.25) is 0 Å². The van der Waals surface area contributed by atoms with Gasteiger partial charge in [0, 0.05) is 6.04 Å². The molecule has 0 radical (unpaired) electrons. The molecule has 2 atom stereocenters. The standard InChI is InChI=1S/C13H16F3N3O2/c1-2-21-12(20)8-3-4-9(7-8)17-11-6-5-10(18-19-11)13(14,15)16/h5-6,8-9H,2-4,7H2,1H3,(H,17,19). The molecule has 1 heterocycles. The third kappa shape index (κ3) is 4.05. The number of alkyl halides is 3. The number of esters is 1. The van der Waals surface area contributed by atoms with E-state index < -0.39 is 11.9 Å². The zero-order valence-corrected chi connectivity index (χ0v) is 11.5. The van der Waals surface area contributed by atoms with Crippen molar-refractivity contribution in [2.75, 3.05) is 11.9 Å². The topological polar surface area (TPSA) is 64.1 Å². The average molecular weight is 303 g/mol. The van der Waals surface area contributed by atoms with E-state index in [9.17, 15) is 18.0 Å². The summed E-state index contributed by atoms with van der Waals surface area (Å²) in [5.41, 5.74) is -1.02. The first-order valence-corrected chi connectivity index (χ1v) is 6.74. The Hall–Kier alpha value is -1.86. The number of rotatable bonds is 4. The van der Waals surface area contributed by atoms with E-state index in [1.54, 1.807) is 6.92 Å². The Kier molecular flexibility index (Phi) is 4.64. The summed E-state index contributed by atoms with van der Waals surface area (Å²) in [6, 6.07) is 2.12. The van der Waals surface area contributed by atoms with Crippen LogP contribution in [-0.4, -0.2) is 28.8 Å². The Morgan fingerprint density at radius 1 is 1.38 bits per heavy atom. The minimum atomic E-state index is -4.49. The van der Waals surface area contributed by atoms with Crippen LogP contribution in [0.5, 0.6) is 0 Å². The van der Waals surface area contributed by atoms with Gasteiger partial charge in [-0.1, -0.05) is 0 Å². The van der Waals surface area contributed by atoms with Gasteiger partial charge in [-0.3, -0.25) is 4.79 Å². The second-order valence-corrected chi connectivity index (χ2v) is 4.90. The molecule has 1 aliphatic carbocycles. The van der Waals surface area contributed by atoms with Gasteiger partial charge < -0.3 is 10.1 Å². The monoisotopic (exact) mass is 303 g/mol. The van der Waals surface area contributed by atoms with Crippen molar-refractivity contribution in [1.82, 2.24) is 10.2 Å². The lowest BCUT2D eigenvalue weighted by molar-refractivity contribution is -0.147. The molecule has 0 aliphatic heterocycles. The van der Waals surface area contributed by atoms with Crippen molar-refractivity contribution < 1.29 is 22.7 Å². The first-order chi connectivity index (χ1) is 9.90. The van der Waals surface area contributed by atoms with Gasteiger partial charge in [0.1, 0.15) is 5.82 Å². The minimum absolute atomic E-state index is 0.00885. The van der Waals surface area contributed by atoms with Crippen LogP contribution in [0.25, 0.3) is 0 Å². The maximum absolute atomic E-state index is 12.4. The Morgan fingerprint density at radius 3 is 2.71 bits per heavy atom. The number of halogens is 3. The molecule has 0 spiro atoms. The highest BCUT2D eigenvalue weighted by molar-refractivity contribution is 5.73. The molecule has 5 nitrogen and oxygen atoms in total. The molecule has 1 aromatic rings. The summed E-state index contributed by atoms with van der Waals surface area (Å²) in [4.78, 5) is 11.6. The first kappa shape index (κ1) is 15.5. The zero-order valence-electron chi connectivity index (χ0n) is 11.5. The average Bonchev–Trinajstić information content (AvgIpc) is 2.87. The summed E-state index contributed by atoms with van der Waals surface area (Å²) >= 11 is 0. The molecular formula is C13H16F3N3O2. The smallest absolute Gasteiger partial charge is 0.435 e. The van der Waals surface area contributed by atoms with Gasteiger partial charge in [0.15, 0.2) is 5.69 Å². The number of hydrogen-bond donors (Lipinski definition) is 1. The summed E-state index contributed by atoms with van der Waals surface area (Å²) in [6.07, 6.45) is -2.47. The molecule has 2 unspecified atom stereocenters. The fourth-order valence-electron chi connectivity index (χ4n) is 2.36. The second-order valence-electron chi connectivity index (χ2n) is 4.90. The SMILES string of the molecule is CCOC(=O)C1CCC(Nc2ccc(C(F)(F)F)nn2)C1. The van der Waals surface area contributed by atoms with E-state index in [1.807, 2.05) is 0 Å². The lowest BCUT2D eigenvalue weighted by Crippen LogP contribution is -2.20. The van der Waals surface area contributed by atoms with Crippen LogP contribution in [0, 0.1) is 5.92 Å². The van der Waals surface area contributed by atoms with E-state index in [1.165, 1.54) is 6.07 Å². The summed E-state index contributed by atoms with van der Waals surface area (Å²) in [6.45, 7) is 2.10. The van der Waals surface area contributed by atoms with Gasteiger partial charge in [-0.15, -0.1) is 10.2 Å². The van der Waals surface area contributed by atoms with E-state index in [4.69, 9.17) is 4.74 Å². The molecule has 2 rings (SSSR count). The molecule has 0 saturated heterocycles. The maximum Gasteiger partial charge on any atom is 0.435 e. The van der Waals surface area contributed by atoms with Crippen molar-refractivity contribution >= 4 is 11.8 Å². The molecule has 1 fully saturated rings. The van der Waals surface area contributed by atoms with Gasteiger partial charge in [0.05, 0.1) is 12.5 Å². The number of nitrogens with zero attached hydrogens (tertiary/aromatic N) is 2. The lowest BCUT2D eigenvalue weighted by atomic mass is 10.1. The third-order valence-corrected chi connectivity index (χ3v) is 3.36. The Labute approximate surface area is 119 Å². The van der Waals surface area contributed by atoms with Crippen molar-refractivity contribution in [3.63, 3.8) is 0 Å². The number of nitrogens with one attached hydrogen (secondary N) is 1. The van der Waals surface area contributed by atoms with E-state index in [-0.39, 0.29) is 23.7 Å². The molecule has 116 valence electrons. The molecule has 0 amide bonds. The number of carbonyl (C=O) groups is 1. The van der Waals surface area contributed by atoms with Crippen LogP contribution >= 0.6 is 0 Å². The van der Waals surface area contributed by atoms with Gasteiger partial charge in [-0.2, -0.15) is 13.2 Å². The van der Waals surface area contributed by atoms with Gasteiger partial charge in [-0.25, -0.2) is 0 Å². The highest BCUT2D eigenvalue weighted by Crippen LogP contribution is 2.30.